The lowest BCUT2D eigenvalue weighted by molar-refractivity contribution is -0.146. The Labute approximate surface area is 185 Å². The van der Waals surface area contributed by atoms with E-state index in [0.29, 0.717) is 10.0 Å². The zero-order valence-corrected chi connectivity index (χ0v) is 18.2. The number of carbonyl (C=O) groups is 5. The van der Waals surface area contributed by atoms with Crippen LogP contribution in [-0.2, 0) is 24.5 Å². The minimum absolute atomic E-state index is 0.0206. The summed E-state index contributed by atoms with van der Waals surface area (Å²) >= 11 is 3.36. The van der Waals surface area contributed by atoms with Crippen LogP contribution in [0.5, 0.6) is 0 Å². The van der Waals surface area contributed by atoms with E-state index in [4.69, 9.17) is 4.74 Å². The fourth-order valence-electron chi connectivity index (χ4n) is 5.47. The molecule has 0 N–H and O–H groups in total. The highest BCUT2D eigenvalue weighted by molar-refractivity contribution is 9.10. The van der Waals surface area contributed by atoms with Crippen LogP contribution in [0.1, 0.15) is 40.1 Å². The lowest BCUT2D eigenvalue weighted by Crippen LogP contribution is -2.40. The van der Waals surface area contributed by atoms with Gasteiger partial charge in [0.15, 0.2) is 11.6 Å². The molecular weight excluding hydrogens is 466 g/mol. The molecule has 31 heavy (non-hydrogen) atoms. The molecule has 2 aliphatic carbocycles. The van der Waals surface area contributed by atoms with Crippen molar-refractivity contribution in [2.45, 2.75) is 19.3 Å². The number of amides is 2. The minimum Gasteiger partial charge on any atom is -0.466 e. The predicted molar refractivity (Wildman–Crippen MR) is 112 cm³/mol. The Morgan fingerprint density at radius 1 is 1.03 bits per heavy atom. The van der Waals surface area contributed by atoms with E-state index in [-0.39, 0.29) is 23.4 Å². The number of fused-ring (bicyclic) bond motifs is 4. The van der Waals surface area contributed by atoms with Gasteiger partial charge < -0.3 is 4.74 Å². The molecule has 5 rings (SSSR count). The first-order valence-electron chi connectivity index (χ1n) is 9.76. The van der Waals surface area contributed by atoms with E-state index in [2.05, 4.69) is 15.9 Å². The van der Waals surface area contributed by atoms with Crippen molar-refractivity contribution >= 4 is 51.0 Å². The van der Waals surface area contributed by atoms with Gasteiger partial charge >= 0.3 is 5.97 Å². The summed E-state index contributed by atoms with van der Waals surface area (Å²) in [5.41, 5.74) is -2.87. The Kier molecular flexibility index (Phi) is 3.96. The number of rotatable bonds is 2. The average molecular weight is 482 g/mol. The second-order valence-corrected chi connectivity index (χ2v) is 8.74. The number of anilines is 1. The van der Waals surface area contributed by atoms with E-state index >= 15 is 0 Å². The largest absolute Gasteiger partial charge is 0.466 e. The molecule has 156 valence electrons. The van der Waals surface area contributed by atoms with Crippen molar-refractivity contribution in [1.82, 2.24) is 0 Å². The highest BCUT2D eigenvalue weighted by Crippen LogP contribution is 2.78. The van der Waals surface area contributed by atoms with Gasteiger partial charge in [0, 0.05) is 22.5 Å². The minimum atomic E-state index is -1.96. The molecule has 1 aliphatic heterocycles. The first-order valence-corrected chi connectivity index (χ1v) is 10.6. The molecule has 2 unspecified atom stereocenters. The highest BCUT2D eigenvalue weighted by Gasteiger charge is 2.94. The Bertz CT molecular complexity index is 1220. The van der Waals surface area contributed by atoms with Gasteiger partial charge in [0.2, 0.25) is 11.8 Å². The molecule has 2 aromatic rings. The van der Waals surface area contributed by atoms with Crippen LogP contribution >= 0.6 is 15.9 Å². The summed E-state index contributed by atoms with van der Waals surface area (Å²) in [5, 5.41) is 0. The third-order valence-corrected chi connectivity index (χ3v) is 7.03. The zero-order chi connectivity index (χ0) is 22.3. The molecule has 2 spiro atoms. The van der Waals surface area contributed by atoms with Crippen LogP contribution in [0.15, 0.2) is 46.9 Å². The van der Waals surface area contributed by atoms with Gasteiger partial charge in [-0.05, 0) is 30.7 Å². The smallest absolute Gasteiger partial charge is 0.311 e. The number of hydrogen-bond acceptors (Lipinski definition) is 6. The van der Waals surface area contributed by atoms with Gasteiger partial charge in [0.1, 0.15) is 10.8 Å². The molecule has 2 amide bonds. The molecule has 3 aliphatic rings. The molecule has 7 nitrogen and oxygen atoms in total. The number of halogens is 1. The molecule has 0 aromatic heterocycles. The Hall–Kier alpha value is -3.13. The quantitative estimate of drug-likeness (QED) is 0.483. The maximum Gasteiger partial charge on any atom is 0.311 e. The number of hydrogen-bond donors (Lipinski definition) is 0. The van der Waals surface area contributed by atoms with E-state index in [1.165, 1.54) is 19.1 Å². The van der Waals surface area contributed by atoms with Gasteiger partial charge in [0.25, 0.3) is 0 Å². The molecule has 0 radical (unpaired) electrons. The number of imide groups is 1. The third-order valence-electron chi connectivity index (χ3n) is 6.54. The average Bonchev–Trinajstić information content (AvgIpc) is 3.24. The molecule has 8 heteroatoms. The van der Waals surface area contributed by atoms with Crippen molar-refractivity contribution in [2.75, 3.05) is 11.5 Å². The summed E-state index contributed by atoms with van der Waals surface area (Å²) in [7, 11) is 0. The van der Waals surface area contributed by atoms with Crippen LogP contribution in [0.3, 0.4) is 0 Å². The van der Waals surface area contributed by atoms with Crippen LogP contribution in [0.2, 0.25) is 0 Å². The normalized spacial score (nSPS) is 24.5. The summed E-state index contributed by atoms with van der Waals surface area (Å²) < 4.78 is 5.80. The van der Waals surface area contributed by atoms with Crippen molar-refractivity contribution in [3.8, 4) is 0 Å². The number of carbonyl (C=O) groups excluding carboxylic acids is 5. The lowest BCUT2D eigenvalue weighted by Gasteiger charge is -2.15. The number of nitrogens with zero attached hydrogens (tertiary/aromatic N) is 1. The molecule has 1 saturated carbocycles. The number of ether oxygens (including phenoxy) is 1. The van der Waals surface area contributed by atoms with Crippen LogP contribution in [0.4, 0.5) is 5.69 Å². The Morgan fingerprint density at radius 2 is 1.65 bits per heavy atom. The highest BCUT2D eigenvalue weighted by atomic mass is 79.9. The van der Waals surface area contributed by atoms with Gasteiger partial charge in [-0.15, -0.1) is 0 Å². The van der Waals surface area contributed by atoms with E-state index in [1.807, 2.05) is 0 Å². The first kappa shape index (κ1) is 19.8. The lowest BCUT2D eigenvalue weighted by atomic mass is 9.83. The Balaban J connectivity index is 1.85. The van der Waals surface area contributed by atoms with Crippen LogP contribution in [0.25, 0.3) is 0 Å². The zero-order valence-electron chi connectivity index (χ0n) is 16.6. The van der Waals surface area contributed by atoms with Crippen molar-refractivity contribution in [3.63, 3.8) is 0 Å². The standard InChI is InChI=1S/C23H16BrNO6/c1-3-31-20(29)17-22(23(17)18(27)13-6-4-5-7-14(13)19(23)28)15-10-12(24)8-9-16(15)25(11(2)26)21(22)30/h4-10,17H,3H2,1-2H3. The van der Waals surface area contributed by atoms with E-state index in [0.717, 1.165) is 4.90 Å². The number of Topliss-reactive ketones (excluding diaryl/α,β-unsaturated/α-hetero) is 2. The molecule has 2 atom stereocenters. The van der Waals surface area contributed by atoms with E-state index in [1.54, 1.807) is 37.3 Å². The molecule has 1 fully saturated rings. The summed E-state index contributed by atoms with van der Waals surface area (Å²) in [6.07, 6.45) is 0. The predicted octanol–water partition coefficient (Wildman–Crippen LogP) is 2.84. The maximum absolute atomic E-state index is 13.8. The molecule has 0 saturated heterocycles. The maximum atomic E-state index is 13.8. The van der Waals surface area contributed by atoms with Crippen molar-refractivity contribution in [2.24, 2.45) is 11.3 Å². The van der Waals surface area contributed by atoms with Gasteiger partial charge in [-0.2, -0.15) is 0 Å². The van der Waals surface area contributed by atoms with Crippen LogP contribution in [-0.4, -0.2) is 36.0 Å². The van der Waals surface area contributed by atoms with Crippen molar-refractivity contribution in [1.29, 1.82) is 0 Å². The van der Waals surface area contributed by atoms with E-state index in [9.17, 15) is 24.0 Å². The summed E-state index contributed by atoms with van der Waals surface area (Å²) in [4.78, 5) is 67.6. The summed E-state index contributed by atoms with van der Waals surface area (Å²) in [6.45, 7) is 2.85. The van der Waals surface area contributed by atoms with Crippen molar-refractivity contribution in [3.05, 3.63) is 63.6 Å². The van der Waals surface area contributed by atoms with Gasteiger partial charge in [-0.1, -0.05) is 40.2 Å². The SMILES string of the molecule is CCOC(=O)C1C2(C(=O)c3ccccc3C2=O)C12C(=O)N(C(C)=O)c1ccc(Br)cc12. The topological polar surface area (TPSA) is 97.8 Å². The van der Waals surface area contributed by atoms with Gasteiger partial charge in [0.05, 0.1) is 18.2 Å². The third kappa shape index (κ3) is 2.01. The molecular formula is C23H16BrNO6. The summed E-state index contributed by atoms with van der Waals surface area (Å²) in [5.74, 6) is -4.64. The second kappa shape index (κ2) is 6.20. The first-order chi connectivity index (χ1) is 14.8. The van der Waals surface area contributed by atoms with Crippen LogP contribution < -0.4 is 4.90 Å². The van der Waals surface area contributed by atoms with Gasteiger partial charge in [-0.3, -0.25) is 24.0 Å². The Morgan fingerprint density at radius 3 is 2.19 bits per heavy atom. The second-order valence-electron chi connectivity index (χ2n) is 7.83. The fraction of sp³-hybridized carbons (Fsp3) is 0.261. The monoisotopic (exact) mass is 481 g/mol. The molecule has 0 bridgehead atoms. The number of esters is 1. The fourth-order valence-corrected chi connectivity index (χ4v) is 5.84. The number of benzene rings is 2. The molecule has 2 aromatic carbocycles. The molecule has 1 heterocycles. The van der Waals surface area contributed by atoms with E-state index < -0.39 is 46.1 Å². The van der Waals surface area contributed by atoms with Gasteiger partial charge in [-0.25, -0.2) is 4.90 Å². The number of ketones is 2. The van der Waals surface area contributed by atoms with Crippen molar-refractivity contribution < 1.29 is 28.7 Å². The van der Waals surface area contributed by atoms with Crippen LogP contribution in [0, 0.1) is 11.3 Å². The summed E-state index contributed by atoms with van der Waals surface area (Å²) in [6, 6.07) is 11.1.